The topological polar surface area (TPSA) is 58.2 Å². The van der Waals surface area contributed by atoms with Crippen molar-refractivity contribution in [2.75, 3.05) is 11.9 Å². The van der Waals surface area contributed by atoms with Crippen LogP contribution in [0, 0.1) is 0 Å². The SMILES string of the molecule is CC(=O)NCC(=O)Nc1ccc(C(C)C)cc1. The third kappa shape index (κ3) is 4.68. The van der Waals surface area contributed by atoms with Crippen LogP contribution in [0.1, 0.15) is 32.3 Å². The van der Waals surface area contributed by atoms with Gasteiger partial charge in [0.1, 0.15) is 0 Å². The molecular weight excluding hydrogens is 216 g/mol. The van der Waals surface area contributed by atoms with Gasteiger partial charge in [-0.05, 0) is 23.6 Å². The van der Waals surface area contributed by atoms with E-state index in [1.165, 1.54) is 12.5 Å². The van der Waals surface area contributed by atoms with Crippen molar-refractivity contribution in [1.29, 1.82) is 0 Å². The fourth-order valence-electron chi connectivity index (χ4n) is 1.36. The van der Waals surface area contributed by atoms with Crippen molar-refractivity contribution in [1.82, 2.24) is 5.32 Å². The standard InChI is InChI=1S/C13H18N2O2/c1-9(2)11-4-6-12(7-5-11)15-13(17)8-14-10(3)16/h4-7,9H,8H2,1-3H3,(H,14,16)(H,15,17). The Morgan fingerprint density at radius 2 is 1.76 bits per heavy atom. The number of hydrogen-bond donors (Lipinski definition) is 2. The summed E-state index contributed by atoms with van der Waals surface area (Å²) in [6.45, 7) is 5.61. The van der Waals surface area contributed by atoms with E-state index in [0.29, 0.717) is 5.92 Å². The molecule has 0 saturated heterocycles. The average Bonchev–Trinajstić information content (AvgIpc) is 2.27. The van der Waals surface area contributed by atoms with E-state index in [2.05, 4.69) is 24.5 Å². The summed E-state index contributed by atoms with van der Waals surface area (Å²) in [6.07, 6.45) is 0. The molecule has 4 heteroatoms. The third-order valence-electron chi connectivity index (χ3n) is 2.36. The number of rotatable bonds is 4. The summed E-state index contributed by atoms with van der Waals surface area (Å²) in [5.41, 5.74) is 1.97. The van der Waals surface area contributed by atoms with E-state index in [1.54, 1.807) is 0 Å². The van der Waals surface area contributed by atoms with Gasteiger partial charge in [-0.1, -0.05) is 26.0 Å². The van der Waals surface area contributed by atoms with E-state index in [4.69, 9.17) is 0 Å². The number of benzene rings is 1. The smallest absolute Gasteiger partial charge is 0.243 e. The van der Waals surface area contributed by atoms with Crippen molar-refractivity contribution in [2.24, 2.45) is 0 Å². The molecule has 2 N–H and O–H groups in total. The quantitative estimate of drug-likeness (QED) is 0.835. The molecular formula is C13H18N2O2. The molecule has 0 saturated carbocycles. The van der Waals surface area contributed by atoms with Gasteiger partial charge in [-0.3, -0.25) is 9.59 Å². The zero-order chi connectivity index (χ0) is 12.8. The highest BCUT2D eigenvalue weighted by Gasteiger charge is 2.03. The summed E-state index contributed by atoms with van der Waals surface area (Å²) < 4.78 is 0. The summed E-state index contributed by atoms with van der Waals surface area (Å²) in [4.78, 5) is 22.0. The highest BCUT2D eigenvalue weighted by molar-refractivity contribution is 5.94. The van der Waals surface area contributed by atoms with Gasteiger partial charge in [-0.2, -0.15) is 0 Å². The first-order valence-corrected chi connectivity index (χ1v) is 5.63. The lowest BCUT2D eigenvalue weighted by atomic mass is 10.0. The van der Waals surface area contributed by atoms with Crippen LogP contribution in [0.5, 0.6) is 0 Å². The number of carbonyl (C=O) groups excluding carboxylic acids is 2. The number of hydrogen-bond acceptors (Lipinski definition) is 2. The van der Waals surface area contributed by atoms with Gasteiger partial charge in [-0.25, -0.2) is 0 Å². The largest absolute Gasteiger partial charge is 0.347 e. The van der Waals surface area contributed by atoms with Crippen LogP contribution in [0.4, 0.5) is 5.69 Å². The first-order chi connectivity index (χ1) is 7.99. The second-order valence-electron chi connectivity index (χ2n) is 4.23. The van der Waals surface area contributed by atoms with Crippen LogP contribution in [0.2, 0.25) is 0 Å². The van der Waals surface area contributed by atoms with Gasteiger partial charge in [0, 0.05) is 12.6 Å². The Morgan fingerprint density at radius 1 is 1.18 bits per heavy atom. The molecule has 2 amide bonds. The van der Waals surface area contributed by atoms with E-state index in [9.17, 15) is 9.59 Å². The molecule has 4 nitrogen and oxygen atoms in total. The molecule has 0 fully saturated rings. The molecule has 17 heavy (non-hydrogen) atoms. The van der Waals surface area contributed by atoms with Gasteiger partial charge < -0.3 is 10.6 Å². The Morgan fingerprint density at radius 3 is 2.24 bits per heavy atom. The molecule has 92 valence electrons. The zero-order valence-corrected chi connectivity index (χ0v) is 10.4. The molecule has 0 bridgehead atoms. The molecule has 0 aliphatic heterocycles. The zero-order valence-electron chi connectivity index (χ0n) is 10.4. The minimum absolute atomic E-state index is 0.00126. The lowest BCUT2D eigenvalue weighted by Gasteiger charge is -2.08. The Kier molecular flexibility index (Phi) is 4.69. The van der Waals surface area contributed by atoms with Gasteiger partial charge in [0.15, 0.2) is 0 Å². The maximum atomic E-state index is 11.4. The summed E-state index contributed by atoms with van der Waals surface area (Å²) in [5, 5.41) is 5.15. The van der Waals surface area contributed by atoms with E-state index in [-0.39, 0.29) is 18.4 Å². The fourth-order valence-corrected chi connectivity index (χ4v) is 1.36. The van der Waals surface area contributed by atoms with E-state index >= 15 is 0 Å². The van der Waals surface area contributed by atoms with Crippen LogP contribution in [0.15, 0.2) is 24.3 Å². The molecule has 0 radical (unpaired) electrons. The van der Waals surface area contributed by atoms with Crippen LogP contribution in [-0.2, 0) is 9.59 Å². The first kappa shape index (κ1) is 13.2. The Bertz CT molecular complexity index is 396. The monoisotopic (exact) mass is 234 g/mol. The summed E-state index contributed by atoms with van der Waals surface area (Å²) in [5.74, 6) is 0.0342. The minimum Gasteiger partial charge on any atom is -0.347 e. The second-order valence-corrected chi connectivity index (χ2v) is 4.23. The molecule has 1 aromatic carbocycles. The van der Waals surface area contributed by atoms with E-state index in [0.717, 1.165) is 5.69 Å². The van der Waals surface area contributed by atoms with Crippen molar-refractivity contribution in [3.05, 3.63) is 29.8 Å². The predicted molar refractivity (Wildman–Crippen MR) is 67.8 cm³/mol. The third-order valence-corrected chi connectivity index (χ3v) is 2.36. The molecule has 0 atom stereocenters. The summed E-state index contributed by atoms with van der Waals surface area (Å²) in [7, 11) is 0. The van der Waals surface area contributed by atoms with Crippen molar-refractivity contribution in [2.45, 2.75) is 26.7 Å². The van der Waals surface area contributed by atoms with Crippen molar-refractivity contribution < 1.29 is 9.59 Å². The summed E-state index contributed by atoms with van der Waals surface area (Å²) in [6, 6.07) is 7.69. The number of carbonyl (C=O) groups is 2. The lowest BCUT2D eigenvalue weighted by Crippen LogP contribution is -2.31. The lowest BCUT2D eigenvalue weighted by molar-refractivity contribution is -0.122. The van der Waals surface area contributed by atoms with Crippen LogP contribution in [0.3, 0.4) is 0 Å². The van der Waals surface area contributed by atoms with Crippen molar-refractivity contribution in [3.63, 3.8) is 0 Å². The molecule has 1 aromatic rings. The Hall–Kier alpha value is -1.84. The van der Waals surface area contributed by atoms with Crippen molar-refractivity contribution in [3.8, 4) is 0 Å². The van der Waals surface area contributed by atoms with Crippen LogP contribution >= 0.6 is 0 Å². The molecule has 0 spiro atoms. The molecule has 1 rings (SSSR count). The van der Waals surface area contributed by atoms with Gasteiger partial charge in [0.25, 0.3) is 0 Å². The van der Waals surface area contributed by atoms with Crippen molar-refractivity contribution >= 4 is 17.5 Å². The maximum Gasteiger partial charge on any atom is 0.243 e. The minimum atomic E-state index is -0.225. The van der Waals surface area contributed by atoms with Crippen LogP contribution in [0.25, 0.3) is 0 Å². The molecule has 0 aromatic heterocycles. The Labute approximate surface area is 101 Å². The number of amides is 2. The highest BCUT2D eigenvalue weighted by Crippen LogP contribution is 2.16. The average molecular weight is 234 g/mol. The molecule has 0 unspecified atom stereocenters. The second kappa shape index (κ2) is 6.03. The fraction of sp³-hybridized carbons (Fsp3) is 0.385. The van der Waals surface area contributed by atoms with Gasteiger partial charge in [0.05, 0.1) is 6.54 Å². The van der Waals surface area contributed by atoms with E-state index in [1.807, 2.05) is 24.3 Å². The van der Waals surface area contributed by atoms with Gasteiger partial charge in [0.2, 0.25) is 11.8 Å². The van der Waals surface area contributed by atoms with Crippen LogP contribution < -0.4 is 10.6 Å². The predicted octanol–water partition coefficient (Wildman–Crippen LogP) is 1.88. The molecule has 0 aliphatic rings. The van der Waals surface area contributed by atoms with Crippen LogP contribution in [-0.4, -0.2) is 18.4 Å². The first-order valence-electron chi connectivity index (χ1n) is 5.63. The summed E-state index contributed by atoms with van der Waals surface area (Å²) >= 11 is 0. The normalized spacial score (nSPS) is 10.1. The number of anilines is 1. The van der Waals surface area contributed by atoms with E-state index < -0.39 is 0 Å². The van der Waals surface area contributed by atoms with Gasteiger partial charge in [-0.15, -0.1) is 0 Å². The van der Waals surface area contributed by atoms with Gasteiger partial charge >= 0.3 is 0 Å². The number of nitrogens with one attached hydrogen (secondary N) is 2. The maximum absolute atomic E-state index is 11.4. The Balaban J connectivity index is 2.51. The molecule has 0 heterocycles. The highest BCUT2D eigenvalue weighted by atomic mass is 16.2. The molecule has 0 aliphatic carbocycles.